The van der Waals surface area contributed by atoms with E-state index >= 15 is 0 Å². The van der Waals surface area contributed by atoms with Gasteiger partial charge < -0.3 is 4.74 Å². The highest BCUT2D eigenvalue weighted by atomic mass is 32.2. The number of rotatable bonds is 5. The van der Waals surface area contributed by atoms with Crippen LogP contribution in [0.1, 0.15) is 30.1 Å². The predicted octanol–water partition coefficient (Wildman–Crippen LogP) is 3.46. The summed E-state index contributed by atoms with van der Waals surface area (Å²) in [6.45, 7) is 4.00. The van der Waals surface area contributed by atoms with Crippen LogP contribution in [0.2, 0.25) is 0 Å². The number of aromatic nitrogens is 3. The van der Waals surface area contributed by atoms with Gasteiger partial charge in [-0.05, 0) is 42.5 Å². The van der Waals surface area contributed by atoms with E-state index in [1.807, 2.05) is 19.3 Å². The van der Waals surface area contributed by atoms with Gasteiger partial charge in [0.15, 0.2) is 5.17 Å². The maximum absolute atomic E-state index is 12.4. The summed E-state index contributed by atoms with van der Waals surface area (Å²) in [6, 6.07) is 8.55. The monoisotopic (exact) mass is 478 g/mol. The zero-order valence-corrected chi connectivity index (χ0v) is 19.4. The lowest BCUT2D eigenvalue weighted by Gasteiger charge is -2.25. The molecule has 0 saturated carbocycles. The summed E-state index contributed by atoms with van der Waals surface area (Å²) in [7, 11) is 0. The Morgan fingerprint density at radius 3 is 2.76 bits per heavy atom. The number of nitrogens with zero attached hydrogens (tertiary/aromatic N) is 5. The van der Waals surface area contributed by atoms with Crippen LogP contribution >= 0.6 is 23.1 Å². The molecular weight excluding hydrogens is 460 g/mol. The van der Waals surface area contributed by atoms with Gasteiger partial charge in [-0.3, -0.25) is 19.9 Å². The Hall–Kier alpha value is -3.57. The van der Waals surface area contributed by atoms with Crippen LogP contribution in [0.15, 0.2) is 56.8 Å². The molecule has 0 saturated heterocycles. The fourth-order valence-electron chi connectivity index (χ4n) is 3.34. The van der Waals surface area contributed by atoms with E-state index in [0.717, 1.165) is 22.7 Å². The van der Waals surface area contributed by atoms with Gasteiger partial charge in [-0.2, -0.15) is 14.6 Å². The van der Waals surface area contributed by atoms with Crippen LogP contribution in [0, 0.1) is 5.41 Å². The van der Waals surface area contributed by atoms with E-state index in [2.05, 4.69) is 15.1 Å². The molecule has 0 bridgehead atoms. The molecule has 2 aliphatic rings. The van der Waals surface area contributed by atoms with Crippen LogP contribution in [-0.2, 0) is 17.8 Å². The van der Waals surface area contributed by atoms with Gasteiger partial charge in [0.05, 0.1) is 11.3 Å². The van der Waals surface area contributed by atoms with Crippen molar-refractivity contribution in [1.29, 1.82) is 5.41 Å². The summed E-state index contributed by atoms with van der Waals surface area (Å²) in [4.78, 5) is 35.4. The highest BCUT2D eigenvalue weighted by Gasteiger charge is 2.33. The third kappa shape index (κ3) is 4.00. The first-order valence-corrected chi connectivity index (χ1v) is 11.8. The molecule has 33 heavy (non-hydrogen) atoms. The molecule has 166 valence electrons. The molecule has 1 amide bonds. The standard InChI is InChI=1S/C22H18N6O3S2/c1-3-17-26-28-18(29)9-14(24-22(28)33-17)10-31-15-6-4-13(5-7-15)8-16-19(23)27-12(2)11-32-21(27)25-20(16)30/h4-9,11,23H,3,10H2,1-2H3/b16-8-,23-19?. The van der Waals surface area contributed by atoms with Gasteiger partial charge in [-0.15, -0.1) is 0 Å². The van der Waals surface area contributed by atoms with Gasteiger partial charge in [0.2, 0.25) is 4.96 Å². The van der Waals surface area contributed by atoms with Crippen molar-refractivity contribution in [2.45, 2.75) is 26.9 Å². The number of benzene rings is 1. The van der Waals surface area contributed by atoms with Crippen molar-refractivity contribution in [3.05, 3.63) is 73.6 Å². The lowest BCUT2D eigenvalue weighted by molar-refractivity contribution is -0.114. The molecule has 0 spiro atoms. The predicted molar refractivity (Wildman–Crippen MR) is 129 cm³/mol. The van der Waals surface area contributed by atoms with Gasteiger partial charge in [-0.1, -0.05) is 42.2 Å². The first-order valence-electron chi connectivity index (χ1n) is 10.1. The molecule has 1 N–H and O–H groups in total. The third-order valence-corrected chi connectivity index (χ3v) is 7.00. The quantitative estimate of drug-likeness (QED) is 0.559. The molecule has 0 fully saturated rings. The number of thioether (sulfide) groups is 1. The van der Waals surface area contributed by atoms with Crippen LogP contribution in [0.3, 0.4) is 0 Å². The minimum absolute atomic E-state index is 0.117. The van der Waals surface area contributed by atoms with Crippen molar-refractivity contribution in [1.82, 2.24) is 19.5 Å². The summed E-state index contributed by atoms with van der Waals surface area (Å²) in [6.07, 6.45) is 2.39. The van der Waals surface area contributed by atoms with Crippen molar-refractivity contribution in [3.8, 4) is 5.75 Å². The molecule has 0 atom stereocenters. The largest absolute Gasteiger partial charge is 0.487 e. The number of hydrogen-bond donors (Lipinski definition) is 1. The second kappa shape index (κ2) is 8.41. The van der Waals surface area contributed by atoms with Crippen molar-refractivity contribution in [2.75, 3.05) is 0 Å². The van der Waals surface area contributed by atoms with Crippen LogP contribution in [-0.4, -0.2) is 36.4 Å². The average molecular weight is 479 g/mol. The molecule has 0 aliphatic carbocycles. The summed E-state index contributed by atoms with van der Waals surface area (Å²) in [5.41, 5.74) is 2.14. The first kappa shape index (κ1) is 21.3. The minimum atomic E-state index is -0.427. The molecule has 3 aromatic rings. The lowest BCUT2D eigenvalue weighted by atomic mass is 10.1. The third-order valence-electron chi connectivity index (χ3n) is 5.01. The number of aryl methyl sites for hydroxylation is 1. The Morgan fingerprint density at radius 2 is 2.00 bits per heavy atom. The Balaban J connectivity index is 1.31. The summed E-state index contributed by atoms with van der Waals surface area (Å²) in [5, 5.41) is 15.9. The fraction of sp³-hybridized carbons (Fsp3) is 0.182. The van der Waals surface area contributed by atoms with E-state index in [1.54, 1.807) is 35.2 Å². The molecule has 9 nitrogen and oxygen atoms in total. The molecule has 11 heteroatoms. The number of allylic oxidation sites excluding steroid dienone is 1. The Labute approximate surface area is 196 Å². The zero-order chi connectivity index (χ0) is 23.1. The smallest absolute Gasteiger partial charge is 0.283 e. The van der Waals surface area contributed by atoms with Crippen LogP contribution < -0.4 is 10.3 Å². The van der Waals surface area contributed by atoms with Crippen molar-refractivity contribution in [3.63, 3.8) is 0 Å². The molecular formula is C22H18N6O3S2. The van der Waals surface area contributed by atoms with Gasteiger partial charge >= 0.3 is 0 Å². The first-order chi connectivity index (χ1) is 15.9. The number of carbonyl (C=O) groups excluding carboxylic acids is 1. The summed E-state index contributed by atoms with van der Waals surface area (Å²) >= 11 is 2.73. The number of amidine groups is 2. The van der Waals surface area contributed by atoms with E-state index < -0.39 is 5.91 Å². The van der Waals surface area contributed by atoms with Crippen LogP contribution in [0.4, 0.5) is 0 Å². The molecule has 0 unspecified atom stereocenters. The lowest BCUT2D eigenvalue weighted by Crippen LogP contribution is -2.37. The number of hydrogen-bond acceptors (Lipinski definition) is 8. The maximum Gasteiger partial charge on any atom is 0.283 e. The fourth-order valence-corrected chi connectivity index (χ4v) is 5.05. The highest BCUT2D eigenvalue weighted by Crippen LogP contribution is 2.32. The number of aliphatic imine (C=N–C) groups is 1. The number of carbonyl (C=O) groups is 1. The Bertz CT molecular complexity index is 1450. The van der Waals surface area contributed by atoms with Gasteiger partial charge in [-0.25, -0.2) is 4.98 Å². The van der Waals surface area contributed by atoms with Crippen LogP contribution in [0.25, 0.3) is 11.0 Å². The van der Waals surface area contributed by atoms with E-state index in [9.17, 15) is 9.59 Å². The summed E-state index contributed by atoms with van der Waals surface area (Å²) in [5.74, 6) is 0.285. The SMILES string of the molecule is CCc1nn2c(=O)cc(COc3ccc(/C=C4/C(=N)N5C(C)=CSC5=NC4=O)cc3)nc2s1. The van der Waals surface area contributed by atoms with E-state index in [-0.39, 0.29) is 23.6 Å². The second-order valence-electron chi connectivity index (χ2n) is 7.31. The normalized spacial score (nSPS) is 16.9. The molecule has 5 rings (SSSR count). The van der Waals surface area contributed by atoms with Crippen molar-refractivity contribution in [2.24, 2.45) is 4.99 Å². The topological polar surface area (TPSA) is 113 Å². The van der Waals surface area contributed by atoms with Gasteiger partial charge in [0.25, 0.3) is 11.5 Å². The van der Waals surface area contributed by atoms with Gasteiger partial charge in [0, 0.05) is 11.8 Å². The van der Waals surface area contributed by atoms with Gasteiger partial charge in [0.1, 0.15) is 23.2 Å². The highest BCUT2D eigenvalue weighted by molar-refractivity contribution is 8.16. The molecule has 2 aromatic heterocycles. The number of amides is 1. The van der Waals surface area contributed by atoms with E-state index in [4.69, 9.17) is 10.1 Å². The number of fused-ring (bicyclic) bond motifs is 2. The zero-order valence-electron chi connectivity index (χ0n) is 17.7. The Morgan fingerprint density at radius 1 is 1.21 bits per heavy atom. The average Bonchev–Trinajstić information content (AvgIpc) is 3.39. The van der Waals surface area contributed by atoms with E-state index in [0.29, 0.717) is 21.6 Å². The van der Waals surface area contributed by atoms with E-state index in [1.165, 1.54) is 33.7 Å². The second-order valence-corrected chi connectivity index (χ2v) is 9.18. The molecule has 1 aromatic carbocycles. The molecule has 2 aliphatic heterocycles. The Kier molecular flexibility index (Phi) is 5.43. The van der Waals surface area contributed by atoms with Crippen molar-refractivity contribution >= 4 is 51.0 Å². The molecule has 4 heterocycles. The minimum Gasteiger partial charge on any atom is -0.487 e. The summed E-state index contributed by atoms with van der Waals surface area (Å²) < 4.78 is 7.10. The van der Waals surface area contributed by atoms with Crippen molar-refractivity contribution < 1.29 is 9.53 Å². The number of ether oxygens (including phenoxy) is 1. The number of nitrogens with one attached hydrogen (secondary N) is 1. The molecule has 0 radical (unpaired) electrons. The van der Waals surface area contributed by atoms with Crippen LogP contribution in [0.5, 0.6) is 5.75 Å². The maximum atomic E-state index is 12.4.